The molecular weight excluding hydrogens is 368 g/mol. The van der Waals surface area contributed by atoms with Gasteiger partial charge in [-0.25, -0.2) is 13.6 Å². The van der Waals surface area contributed by atoms with Gasteiger partial charge < -0.3 is 15.4 Å². The van der Waals surface area contributed by atoms with Crippen molar-refractivity contribution in [1.82, 2.24) is 5.32 Å². The van der Waals surface area contributed by atoms with E-state index in [1.165, 1.54) is 30.5 Å². The van der Waals surface area contributed by atoms with E-state index < -0.39 is 15.9 Å². The Morgan fingerprint density at radius 3 is 2.48 bits per heavy atom. The minimum absolute atomic E-state index is 0.0741. The average molecular weight is 386 g/mol. The molecule has 2 aromatic carbocycles. The first-order valence-electron chi connectivity index (χ1n) is 7.75. The minimum Gasteiger partial charge on any atom is -0.496 e. The molecule has 0 aliphatic heterocycles. The number of benzene rings is 2. The van der Waals surface area contributed by atoms with Crippen LogP contribution in [0.1, 0.15) is 5.56 Å². The fourth-order valence-corrected chi connectivity index (χ4v) is 2.70. The highest BCUT2D eigenvalue weighted by atomic mass is 32.2. The van der Waals surface area contributed by atoms with Crippen molar-refractivity contribution >= 4 is 21.6 Å². The second kappa shape index (κ2) is 8.84. The van der Waals surface area contributed by atoms with E-state index in [4.69, 9.17) is 9.88 Å². The molecule has 0 spiro atoms. The molecule has 0 aromatic heterocycles. The molecule has 1 amide bonds. The molecule has 0 aliphatic carbocycles. The Bertz CT molecular complexity index is 993. The number of sulfonamides is 1. The first-order chi connectivity index (χ1) is 12.8. The van der Waals surface area contributed by atoms with Gasteiger partial charge in [0.1, 0.15) is 17.4 Å². The molecule has 2 rings (SSSR count). The quantitative estimate of drug-likeness (QED) is 0.487. The molecule has 9 heteroatoms. The van der Waals surface area contributed by atoms with Gasteiger partial charge in [0.15, 0.2) is 0 Å². The van der Waals surface area contributed by atoms with E-state index in [0.717, 1.165) is 5.56 Å². The Balaban J connectivity index is 2.03. The fourth-order valence-electron chi connectivity index (χ4n) is 2.19. The summed E-state index contributed by atoms with van der Waals surface area (Å²) in [5, 5.41) is 19.6. The van der Waals surface area contributed by atoms with Crippen molar-refractivity contribution in [3.63, 3.8) is 0 Å². The van der Waals surface area contributed by atoms with Gasteiger partial charge in [0.25, 0.3) is 5.91 Å². The lowest BCUT2D eigenvalue weighted by atomic mass is 10.2. The number of hydrogen-bond acceptors (Lipinski definition) is 6. The summed E-state index contributed by atoms with van der Waals surface area (Å²) in [6.45, 7) is 0.367. The molecular formula is C18H18N4O4S. The number of para-hydroxylation sites is 1. The van der Waals surface area contributed by atoms with Crippen LogP contribution in [-0.4, -0.2) is 21.4 Å². The molecule has 140 valence electrons. The van der Waals surface area contributed by atoms with Crippen molar-refractivity contribution in [1.29, 1.82) is 5.26 Å². The molecule has 0 fully saturated rings. The number of ether oxygens (including phenoxy) is 1. The Kier molecular flexibility index (Phi) is 6.54. The van der Waals surface area contributed by atoms with Gasteiger partial charge in [-0.3, -0.25) is 4.79 Å². The highest BCUT2D eigenvalue weighted by molar-refractivity contribution is 7.89. The number of amides is 1. The van der Waals surface area contributed by atoms with Crippen molar-refractivity contribution in [3.8, 4) is 11.8 Å². The molecule has 0 bridgehead atoms. The number of methoxy groups -OCH3 is 1. The lowest BCUT2D eigenvalue weighted by Gasteiger charge is -2.08. The maximum atomic E-state index is 12.2. The zero-order chi connectivity index (χ0) is 19.9. The summed E-state index contributed by atoms with van der Waals surface area (Å²) >= 11 is 0. The Morgan fingerprint density at radius 1 is 1.22 bits per heavy atom. The monoisotopic (exact) mass is 386 g/mol. The SMILES string of the molecule is COc1ccccc1CN/C=C(/C#N)C(=O)Nc1ccc(S(N)(=O)=O)cc1. The van der Waals surface area contributed by atoms with Crippen LogP contribution in [-0.2, 0) is 21.4 Å². The zero-order valence-corrected chi connectivity index (χ0v) is 15.3. The number of primary sulfonamides is 1. The molecule has 0 heterocycles. The van der Waals surface area contributed by atoms with Gasteiger partial charge in [-0.2, -0.15) is 5.26 Å². The molecule has 0 saturated heterocycles. The van der Waals surface area contributed by atoms with Crippen LogP contribution < -0.4 is 20.5 Å². The summed E-state index contributed by atoms with van der Waals surface area (Å²) in [6.07, 6.45) is 1.31. The number of nitrogens with two attached hydrogens (primary N) is 1. The first-order valence-corrected chi connectivity index (χ1v) is 9.29. The number of nitriles is 1. The van der Waals surface area contributed by atoms with E-state index in [0.29, 0.717) is 18.0 Å². The minimum atomic E-state index is -3.81. The Morgan fingerprint density at radius 2 is 1.89 bits per heavy atom. The summed E-state index contributed by atoms with van der Waals surface area (Å²) in [6, 6.07) is 14.5. The highest BCUT2D eigenvalue weighted by Crippen LogP contribution is 2.17. The van der Waals surface area contributed by atoms with E-state index in [1.807, 2.05) is 30.3 Å². The van der Waals surface area contributed by atoms with Gasteiger partial charge in [0, 0.05) is 24.0 Å². The van der Waals surface area contributed by atoms with Crippen molar-refractivity contribution in [2.45, 2.75) is 11.4 Å². The van der Waals surface area contributed by atoms with Crippen LogP contribution in [0.5, 0.6) is 5.75 Å². The lowest BCUT2D eigenvalue weighted by Crippen LogP contribution is -2.17. The Hall–Kier alpha value is -3.35. The van der Waals surface area contributed by atoms with Gasteiger partial charge in [0.2, 0.25) is 10.0 Å². The average Bonchev–Trinajstić information content (AvgIpc) is 2.65. The third kappa shape index (κ3) is 5.57. The molecule has 0 unspecified atom stereocenters. The molecule has 0 radical (unpaired) electrons. The summed E-state index contributed by atoms with van der Waals surface area (Å²) in [4.78, 5) is 12.1. The number of anilines is 1. The van der Waals surface area contributed by atoms with E-state index in [1.54, 1.807) is 7.11 Å². The second-order valence-corrected chi connectivity index (χ2v) is 6.95. The highest BCUT2D eigenvalue weighted by Gasteiger charge is 2.11. The van der Waals surface area contributed by atoms with E-state index in [2.05, 4.69) is 10.6 Å². The normalized spacial score (nSPS) is 11.4. The van der Waals surface area contributed by atoms with Crippen LogP contribution in [0.4, 0.5) is 5.69 Å². The molecule has 2 aromatic rings. The number of carbonyl (C=O) groups excluding carboxylic acids is 1. The van der Waals surface area contributed by atoms with Gasteiger partial charge in [0.05, 0.1) is 12.0 Å². The molecule has 8 nitrogen and oxygen atoms in total. The van der Waals surface area contributed by atoms with Gasteiger partial charge >= 0.3 is 0 Å². The van der Waals surface area contributed by atoms with Crippen molar-refractivity contribution in [3.05, 3.63) is 65.9 Å². The van der Waals surface area contributed by atoms with Crippen molar-refractivity contribution < 1.29 is 17.9 Å². The number of nitrogens with one attached hydrogen (secondary N) is 2. The number of rotatable bonds is 7. The molecule has 0 saturated carbocycles. The number of hydrogen-bond donors (Lipinski definition) is 3. The van der Waals surface area contributed by atoms with Crippen LogP contribution in [0.25, 0.3) is 0 Å². The van der Waals surface area contributed by atoms with Gasteiger partial charge in [-0.05, 0) is 30.3 Å². The van der Waals surface area contributed by atoms with Crippen molar-refractivity contribution in [2.24, 2.45) is 5.14 Å². The summed E-state index contributed by atoms with van der Waals surface area (Å²) < 4.78 is 27.7. The summed E-state index contributed by atoms with van der Waals surface area (Å²) in [5.41, 5.74) is 1.06. The maximum Gasteiger partial charge on any atom is 0.267 e. The Labute approximate surface area is 157 Å². The largest absolute Gasteiger partial charge is 0.496 e. The predicted octanol–water partition coefficient (Wildman–Crippen LogP) is 1.48. The first kappa shape index (κ1) is 20.0. The summed E-state index contributed by atoms with van der Waals surface area (Å²) in [7, 11) is -2.25. The number of nitrogens with zero attached hydrogens (tertiary/aromatic N) is 1. The standard InChI is InChI=1S/C18H18N4O4S/c1-26-17-5-3-2-4-13(17)11-21-12-14(10-19)18(23)22-15-6-8-16(9-7-15)27(20,24)25/h2-9,12,21H,11H2,1H3,(H,22,23)(H2,20,24,25)/b14-12-. The van der Waals surface area contributed by atoms with Crippen LogP contribution in [0.15, 0.2) is 65.2 Å². The summed E-state index contributed by atoms with van der Waals surface area (Å²) in [5.74, 6) is 0.0599. The van der Waals surface area contributed by atoms with Crippen molar-refractivity contribution in [2.75, 3.05) is 12.4 Å². The molecule has 4 N–H and O–H groups in total. The van der Waals surface area contributed by atoms with Crippen LogP contribution in [0, 0.1) is 11.3 Å². The van der Waals surface area contributed by atoms with Gasteiger partial charge in [-0.15, -0.1) is 0 Å². The fraction of sp³-hybridized carbons (Fsp3) is 0.111. The van der Waals surface area contributed by atoms with Crippen LogP contribution in [0.2, 0.25) is 0 Å². The smallest absolute Gasteiger partial charge is 0.267 e. The van der Waals surface area contributed by atoms with Crippen LogP contribution in [0.3, 0.4) is 0 Å². The molecule has 27 heavy (non-hydrogen) atoms. The topological polar surface area (TPSA) is 134 Å². The van der Waals surface area contributed by atoms with Gasteiger partial charge in [-0.1, -0.05) is 18.2 Å². The maximum absolute atomic E-state index is 12.2. The van der Waals surface area contributed by atoms with E-state index >= 15 is 0 Å². The third-order valence-electron chi connectivity index (χ3n) is 3.54. The van der Waals surface area contributed by atoms with E-state index in [-0.39, 0.29) is 10.5 Å². The lowest BCUT2D eigenvalue weighted by molar-refractivity contribution is -0.112. The predicted molar refractivity (Wildman–Crippen MR) is 100.0 cm³/mol. The second-order valence-electron chi connectivity index (χ2n) is 5.39. The molecule has 0 atom stereocenters. The molecule has 0 aliphatic rings. The third-order valence-corrected chi connectivity index (χ3v) is 4.47. The zero-order valence-electron chi connectivity index (χ0n) is 14.5. The van der Waals surface area contributed by atoms with Crippen LogP contribution >= 0.6 is 0 Å². The number of carbonyl (C=O) groups is 1. The van der Waals surface area contributed by atoms with E-state index in [9.17, 15) is 18.5 Å².